The van der Waals surface area contributed by atoms with Gasteiger partial charge in [0.2, 0.25) is 10.1 Å². The van der Waals surface area contributed by atoms with E-state index in [1.165, 1.54) is 23.5 Å². The van der Waals surface area contributed by atoms with Crippen LogP contribution in [0.1, 0.15) is 6.92 Å². The molecule has 0 spiro atoms. The van der Waals surface area contributed by atoms with Gasteiger partial charge in [0.25, 0.3) is 0 Å². The molecule has 0 bridgehead atoms. The highest BCUT2D eigenvalue weighted by Crippen LogP contribution is 2.27. The van der Waals surface area contributed by atoms with Crippen LogP contribution < -0.4 is 4.90 Å². The van der Waals surface area contributed by atoms with E-state index in [-0.39, 0.29) is 5.82 Å². The van der Waals surface area contributed by atoms with E-state index in [9.17, 15) is 9.18 Å². The normalized spacial score (nSPS) is 16.9. The molecule has 1 aliphatic rings. The third-order valence-corrected chi connectivity index (χ3v) is 5.65. The van der Waals surface area contributed by atoms with Crippen LogP contribution in [0.2, 0.25) is 0 Å². The molecule has 1 saturated heterocycles. The van der Waals surface area contributed by atoms with Gasteiger partial charge in [0, 0.05) is 31.7 Å². The topological polar surface area (TPSA) is 74.0 Å². The lowest BCUT2D eigenvalue weighted by Gasteiger charge is -2.36. The quantitative estimate of drug-likeness (QED) is 0.754. The van der Waals surface area contributed by atoms with Crippen LogP contribution in [0.3, 0.4) is 0 Å². The second-order valence-corrected chi connectivity index (χ2v) is 7.22. The van der Waals surface area contributed by atoms with Gasteiger partial charge in [-0.25, -0.2) is 13.9 Å². The first-order valence-corrected chi connectivity index (χ1v) is 9.17. The van der Waals surface area contributed by atoms with Crippen LogP contribution in [0.25, 0.3) is 16.2 Å². The van der Waals surface area contributed by atoms with Crippen molar-refractivity contribution in [3.63, 3.8) is 0 Å². The van der Waals surface area contributed by atoms with Crippen LogP contribution >= 0.6 is 11.3 Å². The van der Waals surface area contributed by atoms with E-state index in [0.29, 0.717) is 13.1 Å². The number of benzene rings is 1. The number of rotatable bonds is 4. The van der Waals surface area contributed by atoms with Gasteiger partial charge in [-0.15, -0.1) is 5.10 Å². The zero-order valence-corrected chi connectivity index (χ0v) is 15.0. The number of carboxylic acid groups (broad SMARTS) is 1. The number of hydrogen-bond acceptors (Lipinski definition) is 6. The van der Waals surface area contributed by atoms with E-state index in [1.54, 1.807) is 23.6 Å². The highest BCUT2D eigenvalue weighted by Gasteiger charge is 2.26. The first-order chi connectivity index (χ1) is 12.5. The minimum absolute atomic E-state index is 0.272. The number of aromatic nitrogens is 3. The predicted molar refractivity (Wildman–Crippen MR) is 97.1 cm³/mol. The van der Waals surface area contributed by atoms with Crippen LogP contribution in [0.15, 0.2) is 30.5 Å². The van der Waals surface area contributed by atoms with Crippen molar-refractivity contribution < 1.29 is 14.3 Å². The maximum atomic E-state index is 13.0. The molecule has 0 amide bonds. The zero-order valence-electron chi connectivity index (χ0n) is 14.2. The molecule has 1 fully saturated rings. The number of carboxylic acids is 1. The molecule has 3 aromatic rings. The monoisotopic (exact) mass is 375 g/mol. The number of aliphatic carboxylic acids is 1. The van der Waals surface area contributed by atoms with E-state index in [1.807, 2.05) is 11.1 Å². The molecule has 7 nitrogen and oxygen atoms in total. The van der Waals surface area contributed by atoms with Crippen molar-refractivity contribution in [1.82, 2.24) is 19.5 Å². The molecule has 2 aromatic heterocycles. The van der Waals surface area contributed by atoms with Crippen molar-refractivity contribution in [1.29, 1.82) is 0 Å². The van der Waals surface area contributed by atoms with Crippen LogP contribution in [0.5, 0.6) is 0 Å². The molecule has 0 aliphatic carbocycles. The van der Waals surface area contributed by atoms with Gasteiger partial charge >= 0.3 is 5.97 Å². The van der Waals surface area contributed by atoms with Gasteiger partial charge < -0.3 is 10.0 Å². The molecule has 1 unspecified atom stereocenters. The molecule has 1 aromatic carbocycles. The Hall–Kier alpha value is -2.52. The Morgan fingerprint density at radius 2 is 1.92 bits per heavy atom. The largest absolute Gasteiger partial charge is 0.480 e. The van der Waals surface area contributed by atoms with Crippen LogP contribution in [0.4, 0.5) is 9.52 Å². The number of carbonyl (C=O) groups is 1. The number of anilines is 1. The number of hydrogen-bond donors (Lipinski definition) is 1. The van der Waals surface area contributed by atoms with Crippen LogP contribution in [-0.4, -0.2) is 62.8 Å². The molecule has 136 valence electrons. The molecule has 1 atom stereocenters. The summed E-state index contributed by atoms with van der Waals surface area (Å²) >= 11 is 1.50. The summed E-state index contributed by atoms with van der Waals surface area (Å²) in [6, 6.07) is 5.76. The Morgan fingerprint density at radius 3 is 2.54 bits per heavy atom. The number of piperazine rings is 1. The number of fused-ring (bicyclic) bond motifs is 1. The fourth-order valence-electron chi connectivity index (χ4n) is 3.03. The average molecular weight is 375 g/mol. The summed E-state index contributed by atoms with van der Waals surface area (Å²) in [6.45, 7) is 4.57. The van der Waals surface area contributed by atoms with Crippen molar-refractivity contribution in [3.8, 4) is 11.3 Å². The Labute approximate surface area is 153 Å². The Bertz CT molecular complexity index is 899. The molecule has 0 saturated carbocycles. The molecule has 3 heterocycles. The Morgan fingerprint density at radius 1 is 1.23 bits per heavy atom. The third kappa shape index (κ3) is 3.15. The third-order valence-electron chi connectivity index (χ3n) is 4.66. The van der Waals surface area contributed by atoms with E-state index >= 15 is 0 Å². The van der Waals surface area contributed by atoms with Crippen molar-refractivity contribution in [2.75, 3.05) is 31.1 Å². The van der Waals surface area contributed by atoms with E-state index in [4.69, 9.17) is 5.11 Å². The highest BCUT2D eigenvalue weighted by atomic mass is 32.1. The van der Waals surface area contributed by atoms with Gasteiger partial charge in [-0.05, 0) is 31.2 Å². The minimum Gasteiger partial charge on any atom is -0.480 e. The molecule has 1 aliphatic heterocycles. The van der Waals surface area contributed by atoms with Crippen LogP contribution in [0, 0.1) is 5.82 Å². The standard InChI is InChI=1S/C17H18FN5O2S/c1-11(15(24)25)21-6-8-22(9-7-21)17-20-23-10-14(19-16(23)26-17)12-2-4-13(18)5-3-12/h2-5,10-11H,6-9H2,1H3,(H,24,25). The van der Waals surface area contributed by atoms with Gasteiger partial charge in [-0.3, -0.25) is 9.69 Å². The molecule has 4 rings (SSSR count). The van der Waals surface area contributed by atoms with Gasteiger partial charge in [0.1, 0.15) is 11.9 Å². The van der Waals surface area contributed by atoms with Gasteiger partial charge in [0.05, 0.1) is 11.9 Å². The van der Waals surface area contributed by atoms with Gasteiger partial charge in [-0.1, -0.05) is 11.3 Å². The second-order valence-electron chi connectivity index (χ2n) is 6.28. The van der Waals surface area contributed by atoms with Crippen LogP contribution in [-0.2, 0) is 4.79 Å². The number of nitrogens with zero attached hydrogens (tertiary/aromatic N) is 5. The molecular formula is C17H18FN5O2S. The van der Waals surface area contributed by atoms with E-state index < -0.39 is 12.0 Å². The summed E-state index contributed by atoms with van der Waals surface area (Å²) < 4.78 is 14.8. The lowest BCUT2D eigenvalue weighted by Crippen LogP contribution is -2.51. The highest BCUT2D eigenvalue weighted by molar-refractivity contribution is 7.20. The van der Waals surface area contributed by atoms with E-state index in [2.05, 4.69) is 15.0 Å². The Balaban J connectivity index is 1.48. The minimum atomic E-state index is -0.792. The predicted octanol–water partition coefficient (Wildman–Crippen LogP) is 2.19. The molecule has 26 heavy (non-hydrogen) atoms. The lowest BCUT2D eigenvalue weighted by atomic mass is 10.2. The fourth-order valence-corrected chi connectivity index (χ4v) is 3.97. The summed E-state index contributed by atoms with van der Waals surface area (Å²) in [6.07, 6.45) is 1.84. The van der Waals surface area contributed by atoms with Crippen molar-refractivity contribution in [3.05, 3.63) is 36.3 Å². The lowest BCUT2D eigenvalue weighted by molar-refractivity contribution is -0.142. The molecular weight excluding hydrogens is 357 g/mol. The fraction of sp³-hybridized carbons (Fsp3) is 0.353. The van der Waals surface area contributed by atoms with Crippen molar-refractivity contribution in [2.45, 2.75) is 13.0 Å². The molecule has 9 heteroatoms. The molecule has 1 N–H and O–H groups in total. The van der Waals surface area contributed by atoms with Crippen molar-refractivity contribution in [2.24, 2.45) is 0 Å². The first kappa shape index (κ1) is 16.9. The summed E-state index contributed by atoms with van der Waals surface area (Å²) in [5.41, 5.74) is 1.61. The number of imidazole rings is 1. The maximum Gasteiger partial charge on any atom is 0.320 e. The second kappa shape index (κ2) is 6.65. The van der Waals surface area contributed by atoms with Gasteiger partial charge in [-0.2, -0.15) is 0 Å². The summed E-state index contributed by atoms with van der Waals surface area (Å²) in [7, 11) is 0. The maximum absolute atomic E-state index is 13.0. The zero-order chi connectivity index (χ0) is 18.3. The molecule has 0 radical (unpaired) electrons. The van der Waals surface area contributed by atoms with E-state index in [0.717, 1.165) is 34.4 Å². The summed E-state index contributed by atoms with van der Waals surface area (Å²) in [5.74, 6) is -1.06. The Kier molecular flexibility index (Phi) is 4.33. The summed E-state index contributed by atoms with van der Waals surface area (Å²) in [4.78, 5) is 20.6. The first-order valence-electron chi connectivity index (χ1n) is 8.35. The SMILES string of the molecule is CC(C(=O)O)N1CCN(c2nn3cc(-c4ccc(F)cc4)nc3s2)CC1. The number of halogens is 1. The average Bonchev–Trinajstić information content (AvgIpc) is 3.21. The summed E-state index contributed by atoms with van der Waals surface area (Å²) in [5, 5.41) is 14.6. The smallest absolute Gasteiger partial charge is 0.320 e. The van der Waals surface area contributed by atoms with Crippen molar-refractivity contribution >= 4 is 27.4 Å². The van der Waals surface area contributed by atoms with Gasteiger partial charge in [0.15, 0.2) is 0 Å².